The first-order chi connectivity index (χ1) is 11.2. The molecule has 5 nitrogen and oxygen atoms in total. The maximum Gasteiger partial charge on any atom is 0.220 e. The maximum atomic E-state index is 11.6. The summed E-state index contributed by atoms with van der Waals surface area (Å²) < 4.78 is 0. The number of nitrogens with one attached hydrogen (secondary N) is 3. The summed E-state index contributed by atoms with van der Waals surface area (Å²) in [7, 11) is 0. The molecule has 0 aromatic carbocycles. The zero-order valence-corrected chi connectivity index (χ0v) is 18.0. The van der Waals surface area contributed by atoms with Gasteiger partial charge in [0.1, 0.15) is 0 Å². The Kier molecular flexibility index (Phi) is 14.5. The molecule has 1 saturated carbocycles. The van der Waals surface area contributed by atoms with Crippen molar-refractivity contribution in [2.45, 2.75) is 78.2 Å². The number of carbonyl (C=O) groups excluding carboxylic acids is 1. The van der Waals surface area contributed by atoms with E-state index in [1.165, 1.54) is 25.7 Å². The van der Waals surface area contributed by atoms with Crippen molar-refractivity contribution in [3.63, 3.8) is 0 Å². The Morgan fingerprint density at radius 2 is 1.92 bits per heavy atom. The molecule has 1 fully saturated rings. The molecule has 1 amide bonds. The molecule has 0 bridgehead atoms. The molecule has 142 valence electrons. The zero-order valence-electron chi connectivity index (χ0n) is 15.7. The zero-order chi connectivity index (χ0) is 16.9. The van der Waals surface area contributed by atoms with Gasteiger partial charge in [-0.25, -0.2) is 0 Å². The molecule has 0 saturated heterocycles. The van der Waals surface area contributed by atoms with Crippen molar-refractivity contribution in [3.05, 3.63) is 0 Å². The second-order valence-corrected chi connectivity index (χ2v) is 6.51. The van der Waals surface area contributed by atoms with E-state index in [4.69, 9.17) is 4.99 Å². The molecule has 1 unspecified atom stereocenters. The highest BCUT2D eigenvalue weighted by Gasteiger charge is 2.22. The monoisotopic (exact) mass is 452 g/mol. The Balaban J connectivity index is 0.00000529. The fourth-order valence-corrected chi connectivity index (χ4v) is 2.46. The van der Waals surface area contributed by atoms with Crippen molar-refractivity contribution in [2.75, 3.05) is 19.6 Å². The van der Waals surface area contributed by atoms with Crippen LogP contribution in [0.5, 0.6) is 0 Å². The molecule has 3 N–H and O–H groups in total. The minimum absolute atomic E-state index is 0. The second-order valence-electron chi connectivity index (χ2n) is 6.51. The number of hydrogen-bond acceptors (Lipinski definition) is 2. The average Bonchev–Trinajstić information content (AvgIpc) is 3.35. The van der Waals surface area contributed by atoms with Gasteiger partial charge in [0.2, 0.25) is 5.91 Å². The largest absolute Gasteiger partial charge is 0.357 e. The van der Waals surface area contributed by atoms with Gasteiger partial charge in [-0.15, -0.1) is 24.0 Å². The van der Waals surface area contributed by atoms with Crippen LogP contribution >= 0.6 is 24.0 Å². The molecule has 0 heterocycles. The van der Waals surface area contributed by atoms with Gasteiger partial charge in [0.05, 0.1) is 0 Å². The van der Waals surface area contributed by atoms with E-state index in [9.17, 15) is 4.79 Å². The first kappa shape index (κ1) is 23.5. The van der Waals surface area contributed by atoms with Crippen LogP contribution in [0.2, 0.25) is 0 Å². The van der Waals surface area contributed by atoms with E-state index < -0.39 is 0 Å². The minimum Gasteiger partial charge on any atom is -0.357 e. The van der Waals surface area contributed by atoms with Crippen LogP contribution in [0, 0.1) is 5.92 Å². The quantitative estimate of drug-likeness (QED) is 0.184. The van der Waals surface area contributed by atoms with Gasteiger partial charge in [0.15, 0.2) is 5.96 Å². The lowest BCUT2D eigenvalue weighted by Gasteiger charge is -2.15. The topological polar surface area (TPSA) is 65.5 Å². The molecule has 0 aliphatic heterocycles. The van der Waals surface area contributed by atoms with Gasteiger partial charge in [-0.05, 0) is 38.5 Å². The van der Waals surface area contributed by atoms with E-state index in [0.29, 0.717) is 18.4 Å². The summed E-state index contributed by atoms with van der Waals surface area (Å²) in [5.74, 6) is 1.74. The van der Waals surface area contributed by atoms with E-state index in [0.717, 1.165) is 44.9 Å². The van der Waals surface area contributed by atoms with E-state index in [1.54, 1.807) is 0 Å². The van der Waals surface area contributed by atoms with Gasteiger partial charge in [-0.3, -0.25) is 9.79 Å². The lowest BCUT2D eigenvalue weighted by molar-refractivity contribution is -0.121. The van der Waals surface area contributed by atoms with Crippen LogP contribution in [0.1, 0.15) is 72.1 Å². The summed E-state index contributed by atoms with van der Waals surface area (Å²) >= 11 is 0. The predicted octanol–water partition coefficient (Wildman–Crippen LogP) is 3.43. The van der Waals surface area contributed by atoms with Crippen molar-refractivity contribution in [1.82, 2.24) is 16.0 Å². The third kappa shape index (κ3) is 11.9. The molecule has 24 heavy (non-hydrogen) atoms. The highest BCUT2D eigenvalue weighted by atomic mass is 127. The van der Waals surface area contributed by atoms with Crippen LogP contribution in [-0.2, 0) is 4.79 Å². The van der Waals surface area contributed by atoms with Gasteiger partial charge in [-0.1, -0.05) is 33.1 Å². The van der Waals surface area contributed by atoms with Crippen molar-refractivity contribution < 1.29 is 4.79 Å². The van der Waals surface area contributed by atoms with E-state index in [1.807, 2.05) is 0 Å². The Morgan fingerprint density at radius 1 is 1.17 bits per heavy atom. The summed E-state index contributed by atoms with van der Waals surface area (Å²) in [6.45, 7) is 9.09. The number of aliphatic imine (C=N–C) groups is 1. The molecule has 0 radical (unpaired) electrons. The normalized spacial score (nSPS) is 15.4. The van der Waals surface area contributed by atoms with Crippen LogP contribution in [0.4, 0.5) is 0 Å². The van der Waals surface area contributed by atoms with Crippen molar-refractivity contribution in [1.29, 1.82) is 0 Å². The number of guanidine groups is 1. The van der Waals surface area contributed by atoms with Crippen LogP contribution in [0.15, 0.2) is 4.99 Å². The van der Waals surface area contributed by atoms with E-state index in [2.05, 4.69) is 36.7 Å². The Morgan fingerprint density at radius 3 is 2.50 bits per heavy atom. The van der Waals surface area contributed by atoms with Crippen LogP contribution in [0.25, 0.3) is 0 Å². The smallest absolute Gasteiger partial charge is 0.220 e. The predicted molar refractivity (Wildman–Crippen MR) is 113 cm³/mol. The molecule has 0 aromatic heterocycles. The average molecular weight is 452 g/mol. The van der Waals surface area contributed by atoms with Gasteiger partial charge in [-0.2, -0.15) is 0 Å². The van der Waals surface area contributed by atoms with Crippen LogP contribution in [-0.4, -0.2) is 37.5 Å². The number of unbranched alkanes of at least 4 members (excludes halogenated alkanes) is 1. The SMILES string of the molecule is CCCCC(CC)CN=C(NCC)NCCCC(=O)NC1CC1.I. The summed E-state index contributed by atoms with van der Waals surface area (Å²) in [5, 5.41) is 9.65. The highest BCUT2D eigenvalue weighted by molar-refractivity contribution is 14.0. The molecular formula is C18H37IN4O. The molecule has 6 heteroatoms. The molecule has 1 aliphatic rings. The Bertz CT molecular complexity index is 359. The first-order valence-electron chi connectivity index (χ1n) is 9.51. The molecule has 0 spiro atoms. The van der Waals surface area contributed by atoms with E-state index in [-0.39, 0.29) is 29.9 Å². The fourth-order valence-electron chi connectivity index (χ4n) is 2.46. The number of hydrogen-bond donors (Lipinski definition) is 3. The number of halogens is 1. The van der Waals surface area contributed by atoms with Gasteiger partial charge >= 0.3 is 0 Å². The van der Waals surface area contributed by atoms with Gasteiger partial charge in [0.25, 0.3) is 0 Å². The highest BCUT2D eigenvalue weighted by Crippen LogP contribution is 2.18. The third-order valence-corrected chi connectivity index (χ3v) is 4.21. The third-order valence-electron chi connectivity index (χ3n) is 4.21. The second kappa shape index (κ2) is 14.8. The summed E-state index contributed by atoms with van der Waals surface area (Å²) in [5.41, 5.74) is 0. The van der Waals surface area contributed by atoms with E-state index >= 15 is 0 Å². The Hall–Kier alpha value is -0.530. The Labute approximate surface area is 165 Å². The molecule has 1 rings (SSSR count). The van der Waals surface area contributed by atoms with Crippen molar-refractivity contribution in [3.8, 4) is 0 Å². The fraction of sp³-hybridized carbons (Fsp3) is 0.889. The number of rotatable bonds is 12. The van der Waals surface area contributed by atoms with Crippen molar-refractivity contribution in [2.24, 2.45) is 10.9 Å². The molecule has 1 aliphatic carbocycles. The van der Waals surface area contributed by atoms with Crippen LogP contribution in [0.3, 0.4) is 0 Å². The van der Waals surface area contributed by atoms with Crippen LogP contribution < -0.4 is 16.0 Å². The minimum atomic E-state index is 0. The van der Waals surface area contributed by atoms with Gasteiger partial charge < -0.3 is 16.0 Å². The first-order valence-corrected chi connectivity index (χ1v) is 9.51. The maximum absolute atomic E-state index is 11.6. The summed E-state index contributed by atoms with van der Waals surface area (Å²) in [4.78, 5) is 16.3. The van der Waals surface area contributed by atoms with Crippen molar-refractivity contribution >= 4 is 35.8 Å². The molecule has 0 aromatic rings. The molecule has 1 atom stereocenters. The summed E-state index contributed by atoms with van der Waals surface area (Å²) in [6, 6.07) is 0.462. The molecular weight excluding hydrogens is 415 g/mol. The van der Waals surface area contributed by atoms with Gasteiger partial charge in [0, 0.05) is 32.1 Å². The number of carbonyl (C=O) groups is 1. The summed E-state index contributed by atoms with van der Waals surface area (Å²) in [6.07, 6.45) is 8.72. The number of nitrogens with zero attached hydrogens (tertiary/aromatic N) is 1. The lowest BCUT2D eigenvalue weighted by Crippen LogP contribution is -2.38. The lowest BCUT2D eigenvalue weighted by atomic mass is 10.00. The standard InChI is InChI=1S/C18H36N4O.HI/c1-4-7-9-15(5-2)14-21-18(19-6-3)20-13-8-10-17(23)22-16-11-12-16;/h15-16H,4-14H2,1-3H3,(H,22,23)(H2,19,20,21);1H. The number of amides is 1.